The molecule has 0 aliphatic carbocycles. The fourth-order valence-corrected chi connectivity index (χ4v) is 2.08. The normalized spacial score (nSPS) is 10.4. The third-order valence-electron chi connectivity index (χ3n) is 2.22. The Kier molecular flexibility index (Phi) is 4.53. The Morgan fingerprint density at radius 3 is 2.65 bits per heavy atom. The summed E-state index contributed by atoms with van der Waals surface area (Å²) in [6.07, 6.45) is 3.70. The van der Waals surface area contributed by atoms with Gasteiger partial charge in [0.2, 0.25) is 0 Å². The quantitative estimate of drug-likeness (QED) is 0.879. The number of nitrogens with zero attached hydrogens (tertiary/aromatic N) is 2. The molecular formula is C13H15N3S. The van der Waals surface area contributed by atoms with Gasteiger partial charge in [0.25, 0.3) is 0 Å². The second-order valence-corrected chi connectivity index (χ2v) is 4.60. The molecule has 2 rings (SSSR count). The zero-order valence-corrected chi connectivity index (χ0v) is 10.6. The van der Waals surface area contributed by atoms with E-state index in [1.54, 1.807) is 18.0 Å². The van der Waals surface area contributed by atoms with Gasteiger partial charge in [-0.2, -0.15) is 0 Å². The van der Waals surface area contributed by atoms with Crippen LogP contribution in [0.2, 0.25) is 0 Å². The molecule has 0 bridgehead atoms. The largest absolute Gasteiger partial charge is 0.313 e. The van der Waals surface area contributed by atoms with Crippen molar-refractivity contribution >= 4 is 11.8 Å². The van der Waals surface area contributed by atoms with Crippen molar-refractivity contribution in [1.29, 1.82) is 0 Å². The lowest BCUT2D eigenvalue weighted by Crippen LogP contribution is -2.11. The van der Waals surface area contributed by atoms with E-state index < -0.39 is 0 Å². The Labute approximate surface area is 106 Å². The van der Waals surface area contributed by atoms with Crippen LogP contribution in [-0.4, -0.2) is 16.5 Å². The first-order valence-corrected chi connectivity index (χ1v) is 6.44. The van der Waals surface area contributed by atoms with Gasteiger partial charge in [-0.3, -0.25) is 0 Å². The third-order valence-corrected chi connectivity index (χ3v) is 3.12. The van der Waals surface area contributed by atoms with Crippen molar-refractivity contribution in [2.24, 2.45) is 0 Å². The SMILES string of the molecule is CCNCc1ccc(Sc2ccccn2)nc1. The summed E-state index contributed by atoms with van der Waals surface area (Å²) in [6.45, 7) is 3.95. The molecule has 0 aliphatic heterocycles. The van der Waals surface area contributed by atoms with Crippen LogP contribution >= 0.6 is 11.8 Å². The van der Waals surface area contributed by atoms with Crippen molar-refractivity contribution < 1.29 is 0 Å². The molecule has 4 heteroatoms. The second-order valence-electron chi connectivity index (χ2n) is 3.56. The van der Waals surface area contributed by atoms with Crippen LogP contribution < -0.4 is 5.32 Å². The van der Waals surface area contributed by atoms with Crippen molar-refractivity contribution in [2.45, 2.75) is 23.5 Å². The molecule has 0 aliphatic rings. The standard InChI is InChI=1S/C13H15N3S/c1-2-14-9-11-6-7-13(16-10-11)17-12-5-3-4-8-15-12/h3-8,10,14H,2,9H2,1H3. The average Bonchev–Trinajstić information content (AvgIpc) is 2.39. The van der Waals surface area contributed by atoms with Crippen molar-refractivity contribution in [3.8, 4) is 0 Å². The first-order valence-electron chi connectivity index (χ1n) is 5.63. The lowest BCUT2D eigenvalue weighted by atomic mass is 10.3. The summed E-state index contributed by atoms with van der Waals surface area (Å²) in [7, 11) is 0. The minimum atomic E-state index is 0.873. The Hall–Kier alpha value is -1.39. The fourth-order valence-electron chi connectivity index (χ4n) is 1.36. The summed E-state index contributed by atoms with van der Waals surface area (Å²) in [5, 5.41) is 5.22. The molecule has 2 aromatic rings. The van der Waals surface area contributed by atoms with E-state index in [1.807, 2.05) is 30.5 Å². The summed E-state index contributed by atoms with van der Waals surface area (Å²) < 4.78 is 0. The van der Waals surface area contributed by atoms with E-state index in [2.05, 4.69) is 28.3 Å². The van der Waals surface area contributed by atoms with E-state index in [0.29, 0.717) is 0 Å². The van der Waals surface area contributed by atoms with Gasteiger partial charge in [-0.05, 0) is 30.3 Å². The molecule has 0 saturated carbocycles. The molecule has 88 valence electrons. The molecule has 0 spiro atoms. The predicted molar refractivity (Wildman–Crippen MR) is 70.0 cm³/mol. The molecule has 2 heterocycles. The zero-order valence-electron chi connectivity index (χ0n) is 9.76. The van der Waals surface area contributed by atoms with E-state index >= 15 is 0 Å². The van der Waals surface area contributed by atoms with Gasteiger partial charge >= 0.3 is 0 Å². The third kappa shape index (κ3) is 3.84. The monoisotopic (exact) mass is 245 g/mol. The first-order chi connectivity index (χ1) is 8.38. The van der Waals surface area contributed by atoms with Crippen molar-refractivity contribution in [3.05, 3.63) is 48.3 Å². The van der Waals surface area contributed by atoms with Crippen molar-refractivity contribution in [3.63, 3.8) is 0 Å². The highest BCUT2D eigenvalue weighted by Gasteiger charge is 1.99. The Bertz CT molecular complexity index is 442. The van der Waals surface area contributed by atoms with Crippen LogP contribution in [0, 0.1) is 0 Å². The van der Waals surface area contributed by atoms with Crippen LogP contribution in [0.4, 0.5) is 0 Å². The summed E-state index contributed by atoms with van der Waals surface area (Å²) in [4.78, 5) is 8.67. The highest BCUT2D eigenvalue weighted by atomic mass is 32.2. The molecule has 0 atom stereocenters. The topological polar surface area (TPSA) is 37.8 Å². The number of pyridine rings is 2. The molecule has 0 unspecified atom stereocenters. The molecular weight excluding hydrogens is 230 g/mol. The van der Waals surface area contributed by atoms with Crippen LogP contribution in [0.25, 0.3) is 0 Å². The highest BCUT2D eigenvalue weighted by molar-refractivity contribution is 7.99. The van der Waals surface area contributed by atoms with Gasteiger partial charge in [0.15, 0.2) is 0 Å². The van der Waals surface area contributed by atoms with E-state index in [1.165, 1.54) is 5.56 Å². The van der Waals surface area contributed by atoms with Gasteiger partial charge in [-0.15, -0.1) is 0 Å². The fraction of sp³-hybridized carbons (Fsp3) is 0.231. The van der Waals surface area contributed by atoms with Gasteiger partial charge in [-0.1, -0.05) is 30.8 Å². The lowest BCUT2D eigenvalue weighted by molar-refractivity contribution is 0.723. The number of nitrogens with one attached hydrogen (secondary N) is 1. The van der Waals surface area contributed by atoms with E-state index in [4.69, 9.17) is 0 Å². The van der Waals surface area contributed by atoms with Crippen molar-refractivity contribution in [1.82, 2.24) is 15.3 Å². The first kappa shape index (κ1) is 12.1. The average molecular weight is 245 g/mol. The minimum Gasteiger partial charge on any atom is -0.313 e. The maximum absolute atomic E-state index is 4.41. The van der Waals surface area contributed by atoms with Gasteiger partial charge in [0, 0.05) is 18.9 Å². The number of hydrogen-bond donors (Lipinski definition) is 1. The molecule has 0 amide bonds. The van der Waals surface area contributed by atoms with Gasteiger partial charge < -0.3 is 5.32 Å². The maximum Gasteiger partial charge on any atom is 0.102 e. The van der Waals surface area contributed by atoms with Gasteiger partial charge in [0.1, 0.15) is 10.1 Å². The van der Waals surface area contributed by atoms with E-state index in [9.17, 15) is 0 Å². The van der Waals surface area contributed by atoms with E-state index in [-0.39, 0.29) is 0 Å². The van der Waals surface area contributed by atoms with E-state index in [0.717, 1.165) is 23.1 Å². The molecule has 2 aromatic heterocycles. The number of rotatable bonds is 5. The molecule has 1 N–H and O–H groups in total. The minimum absolute atomic E-state index is 0.873. The lowest BCUT2D eigenvalue weighted by Gasteiger charge is -2.03. The smallest absolute Gasteiger partial charge is 0.102 e. The Morgan fingerprint density at radius 2 is 2.00 bits per heavy atom. The van der Waals surface area contributed by atoms with Crippen LogP contribution in [-0.2, 0) is 6.54 Å². The Morgan fingerprint density at radius 1 is 1.12 bits per heavy atom. The molecule has 0 aromatic carbocycles. The summed E-state index contributed by atoms with van der Waals surface area (Å²) in [5.74, 6) is 0. The zero-order chi connectivity index (χ0) is 11.9. The number of aromatic nitrogens is 2. The number of hydrogen-bond acceptors (Lipinski definition) is 4. The second kappa shape index (κ2) is 6.37. The molecule has 0 radical (unpaired) electrons. The molecule has 17 heavy (non-hydrogen) atoms. The molecule has 3 nitrogen and oxygen atoms in total. The summed E-state index contributed by atoms with van der Waals surface area (Å²) in [6, 6.07) is 10.0. The maximum atomic E-state index is 4.41. The van der Waals surface area contributed by atoms with Gasteiger partial charge in [0.05, 0.1) is 0 Å². The van der Waals surface area contributed by atoms with Crippen LogP contribution in [0.3, 0.4) is 0 Å². The van der Waals surface area contributed by atoms with Crippen LogP contribution in [0.1, 0.15) is 12.5 Å². The van der Waals surface area contributed by atoms with Crippen molar-refractivity contribution in [2.75, 3.05) is 6.54 Å². The van der Waals surface area contributed by atoms with Crippen LogP contribution in [0.15, 0.2) is 52.8 Å². The highest BCUT2D eigenvalue weighted by Crippen LogP contribution is 2.23. The molecule has 0 saturated heterocycles. The Balaban J connectivity index is 1.98. The predicted octanol–water partition coefficient (Wildman–Crippen LogP) is 2.74. The summed E-state index contributed by atoms with van der Waals surface area (Å²) in [5.41, 5.74) is 1.21. The summed E-state index contributed by atoms with van der Waals surface area (Å²) >= 11 is 1.58. The van der Waals surface area contributed by atoms with Crippen LogP contribution in [0.5, 0.6) is 0 Å². The van der Waals surface area contributed by atoms with Gasteiger partial charge in [-0.25, -0.2) is 9.97 Å². The molecule has 0 fully saturated rings.